The van der Waals surface area contributed by atoms with Crippen LogP contribution < -0.4 is 5.73 Å². The number of ether oxygens (including phenoxy) is 1. The maximum Gasteiger partial charge on any atom is 0.0581 e. The number of hydrogen-bond donors (Lipinski definition) is 1. The highest BCUT2D eigenvalue weighted by atomic mass is 32.2. The van der Waals surface area contributed by atoms with Crippen LogP contribution in [0.15, 0.2) is 0 Å². The summed E-state index contributed by atoms with van der Waals surface area (Å²) < 4.78 is 16.5. The summed E-state index contributed by atoms with van der Waals surface area (Å²) in [6, 6.07) is 0. The van der Waals surface area contributed by atoms with Gasteiger partial charge in [0.15, 0.2) is 0 Å². The van der Waals surface area contributed by atoms with Crippen molar-refractivity contribution in [3.8, 4) is 0 Å². The Morgan fingerprint density at radius 1 is 1.58 bits per heavy atom. The van der Waals surface area contributed by atoms with Crippen LogP contribution in [0, 0.1) is 0 Å². The summed E-state index contributed by atoms with van der Waals surface area (Å²) in [7, 11) is -0.771. The largest absolute Gasteiger partial charge is 0.381 e. The van der Waals surface area contributed by atoms with Gasteiger partial charge in [0.05, 0.1) is 6.61 Å². The van der Waals surface area contributed by atoms with Gasteiger partial charge in [0.1, 0.15) is 0 Å². The van der Waals surface area contributed by atoms with E-state index in [4.69, 9.17) is 10.5 Å². The van der Waals surface area contributed by atoms with E-state index in [0.29, 0.717) is 25.5 Å². The fourth-order valence-corrected chi connectivity index (χ4v) is 1.94. The Balaban J connectivity index is 3.43. The molecule has 0 saturated heterocycles. The standard InChI is InChI=1S/C8H19NO2S/c1-3-11-6-7-12(10)8(2)4-5-9/h8H,3-7,9H2,1-2H3. The molecule has 0 aromatic heterocycles. The smallest absolute Gasteiger partial charge is 0.0581 e. The van der Waals surface area contributed by atoms with Crippen LogP contribution in [0.1, 0.15) is 20.3 Å². The Morgan fingerprint density at radius 2 is 2.25 bits per heavy atom. The summed E-state index contributed by atoms with van der Waals surface area (Å²) >= 11 is 0. The van der Waals surface area contributed by atoms with E-state index in [1.807, 2.05) is 13.8 Å². The second-order valence-corrected chi connectivity index (χ2v) is 4.64. The van der Waals surface area contributed by atoms with E-state index in [2.05, 4.69) is 0 Å². The van der Waals surface area contributed by atoms with Gasteiger partial charge in [-0.05, 0) is 19.9 Å². The molecule has 2 unspecified atom stereocenters. The minimum atomic E-state index is -0.771. The Kier molecular flexibility index (Phi) is 7.75. The molecule has 2 N–H and O–H groups in total. The lowest BCUT2D eigenvalue weighted by molar-refractivity contribution is 0.164. The van der Waals surface area contributed by atoms with Crippen LogP contribution >= 0.6 is 0 Å². The van der Waals surface area contributed by atoms with E-state index in [1.165, 1.54) is 0 Å². The fourth-order valence-electron chi connectivity index (χ4n) is 0.853. The molecule has 74 valence electrons. The lowest BCUT2D eigenvalue weighted by Crippen LogP contribution is -2.20. The summed E-state index contributed by atoms with van der Waals surface area (Å²) in [5.74, 6) is 0.634. The molecule has 0 aromatic rings. The molecule has 4 heteroatoms. The number of rotatable bonds is 7. The van der Waals surface area contributed by atoms with Crippen LogP contribution in [0.4, 0.5) is 0 Å². The predicted molar refractivity (Wildman–Crippen MR) is 52.6 cm³/mol. The van der Waals surface area contributed by atoms with Crippen LogP contribution in [0.2, 0.25) is 0 Å². The lowest BCUT2D eigenvalue weighted by atomic mass is 10.3. The van der Waals surface area contributed by atoms with Crippen molar-refractivity contribution in [1.82, 2.24) is 0 Å². The van der Waals surface area contributed by atoms with E-state index in [-0.39, 0.29) is 5.25 Å². The molecule has 0 spiro atoms. The second-order valence-electron chi connectivity index (χ2n) is 2.67. The normalized spacial score (nSPS) is 15.9. The molecule has 0 fully saturated rings. The highest BCUT2D eigenvalue weighted by Crippen LogP contribution is 2.00. The molecular formula is C8H19NO2S. The molecule has 3 nitrogen and oxygen atoms in total. The zero-order valence-electron chi connectivity index (χ0n) is 7.91. The molecular weight excluding hydrogens is 174 g/mol. The molecule has 0 aromatic carbocycles. The van der Waals surface area contributed by atoms with Gasteiger partial charge in [-0.15, -0.1) is 0 Å². The first kappa shape index (κ1) is 12.1. The molecule has 0 heterocycles. The minimum Gasteiger partial charge on any atom is -0.381 e. The minimum absolute atomic E-state index is 0.204. The SMILES string of the molecule is CCOCCS(=O)C(C)CCN. The van der Waals surface area contributed by atoms with E-state index >= 15 is 0 Å². The molecule has 0 saturated carbocycles. The van der Waals surface area contributed by atoms with Crippen molar-refractivity contribution < 1.29 is 8.95 Å². The summed E-state index contributed by atoms with van der Waals surface area (Å²) in [5, 5.41) is 0.204. The zero-order valence-corrected chi connectivity index (χ0v) is 8.73. The molecule has 0 aliphatic rings. The molecule has 12 heavy (non-hydrogen) atoms. The topological polar surface area (TPSA) is 52.3 Å². The summed E-state index contributed by atoms with van der Waals surface area (Å²) in [4.78, 5) is 0. The first-order chi connectivity index (χ1) is 5.72. The molecule has 0 rings (SSSR count). The first-order valence-electron chi connectivity index (χ1n) is 4.37. The average Bonchev–Trinajstić information content (AvgIpc) is 2.05. The average molecular weight is 193 g/mol. The monoisotopic (exact) mass is 193 g/mol. The predicted octanol–water partition coefficient (Wildman–Crippen LogP) is 0.509. The van der Waals surface area contributed by atoms with Gasteiger partial charge in [0.2, 0.25) is 0 Å². The van der Waals surface area contributed by atoms with E-state index in [1.54, 1.807) is 0 Å². The Hall–Kier alpha value is 0.0700. The molecule has 0 amide bonds. The van der Waals surface area contributed by atoms with Crippen LogP contribution in [0.25, 0.3) is 0 Å². The molecule has 0 aliphatic heterocycles. The Morgan fingerprint density at radius 3 is 2.75 bits per heavy atom. The van der Waals surface area contributed by atoms with Crippen molar-refractivity contribution in [2.24, 2.45) is 5.73 Å². The van der Waals surface area contributed by atoms with Crippen molar-refractivity contribution >= 4 is 10.8 Å². The van der Waals surface area contributed by atoms with Crippen LogP contribution in [-0.2, 0) is 15.5 Å². The van der Waals surface area contributed by atoms with Gasteiger partial charge in [0.25, 0.3) is 0 Å². The fraction of sp³-hybridized carbons (Fsp3) is 1.00. The summed E-state index contributed by atoms with van der Waals surface area (Å²) in [6.07, 6.45) is 0.832. The third-order valence-corrected chi connectivity index (χ3v) is 3.36. The summed E-state index contributed by atoms with van der Waals surface area (Å²) in [5.41, 5.74) is 5.36. The quantitative estimate of drug-likeness (QED) is 0.599. The van der Waals surface area contributed by atoms with Gasteiger partial charge in [-0.2, -0.15) is 0 Å². The van der Waals surface area contributed by atoms with E-state index in [0.717, 1.165) is 6.42 Å². The van der Waals surface area contributed by atoms with Crippen molar-refractivity contribution in [1.29, 1.82) is 0 Å². The highest BCUT2D eigenvalue weighted by Gasteiger charge is 2.08. The third kappa shape index (κ3) is 5.69. The van der Waals surface area contributed by atoms with Crippen LogP contribution in [-0.4, -0.2) is 35.0 Å². The van der Waals surface area contributed by atoms with Crippen molar-refractivity contribution in [3.63, 3.8) is 0 Å². The van der Waals surface area contributed by atoms with Gasteiger partial charge in [-0.25, -0.2) is 0 Å². The van der Waals surface area contributed by atoms with Crippen molar-refractivity contribution in [2.45, 2.75) is 25.5 Å². The van der Waals surface area contributed by atoms with Crippen molar-refractivity contribution in [3.05, 3.63) is 0 Å². The van der Waals surface area contributed by atoms with Crippen LogP contribution in [0.5, 0.6) is 0 Å². The highest BCUT2D eigenvalue weighted by molar-refractivity contribution is 7.85. The first-order valence-corrected chi connectivity index (χ1v) is 5.75. The van der Waals surface area contributed by atoms with Gasteiger partial charge in [-0.1, -0.05) is 6.92 Å². The van der Waals surface area contributed by atoms with E-state index < -0.39 is 10.8 Å². The Bertz CT molecular complexity index is 130. The molecule has 0 aliphatic carbocycles. The maximum absolute atomic E-state index is 11.4. The zero-order chi connectivity index (χ0) is 9.40. The lowest BCUT2D eigenvalue weighted by Gasteiger charge is -2.09. The van der Waals surface area contributed by atoms with Gasteiger partial charge in [-0.3, -0.25) is 4.21 Å². The number of hydrogen-bond acceptors (Lipinski definition) is 3. The van der Waals surface area contributed by atoms with Crippen LogP contribution in [0.3, 0.4) is 0 Å². The Labute approximate surface area is 77.1 Å². The van der Waals surface area contributed by atoms with Crippen molar-refractivity contribution in [2.75, 3.05) is 25.5 Å². The second kappa shape index (κ2) is 7.71. The number of nitrogens with two attached hydrogens (primary N) is 1. The van der Waals surface area contributed by atoms with Gasteiger partial charge >= 0.3 is 0 Å². The van der Waals surface area contributed by atoms with E-state index in [9.17, 15) is 4.21 Å². The maximum atomic E-state index is 11.4. The van der Waals surface area contributed by atoms with Gasteiger partial charge < -0.3 is 10.5 Å². The molecule has 0 bridgehead atoms. The summed E-state index contributed by atoms with van der Waals surface area (Å²) in [6.45, 7) is 5.81. The molecule has 0 radical (unpaired) electrons. The molecule has 2 atom stereocenters. The van der Waals surface area contributed by atoms with Gasteiger partial charge in [0, 0.05) is 28.4 Å². The third-order valence-electron chi connectivity index (χ3n) is 1.65.